The fourth-order valence-corrected chi connectivity index (χ4v) is 3.50. The molecule has 0 amide bonds. The molecule has 1 fully saturated rings. The summed E-state index contributed by atoms with van der Waals surface area (Å²) in [6, 6.07) is 6.20. The molecule has 3 N–H and O–H groups in total. The number of hydrogen-bond donors (Lipinski definition) is 3. The molecule has 1 aromatic carbocycles. The number of aliphatic hydroxyl groups excluding tert-OH is 1. The molecule has 0 spiro atoms. The minimum Gasteiger partial charge on any atom is -0.493 e. The Bertz CT molecular complexity index is 634. The zero-order valence-electron chi connectivity index (χ0n) is 18.7. The summed E-state index contributed by atoms with van der Waals surface area (Å²) >= 11 is 0. The molecule has 0 saturated carbocycles. The summed E-state index contributed by atoms with van der Waals surface area (Å²) in [6.07, 6.45) is 3.32. The first-order chi connectivity index (χ1) is 14.7. The second kappa shape index (κ2) is 14.1. The second-order valence-corrected chi connectivity index (χ2v) is 7.36. The van der Waals surface area contributed by atoms with Crippen LogP contribution < -0.4 is 20.1 Å². The molecule has 2 rings (SSSR count). The van der Waals surface area contributed by atoms with Crippen LogP contribution in [0.4, 0.5) is 0 Å². The number of aliphatic hydroxyl groups is 1. The molecule has 1 aromatic rings. The Balaban J connectivity index is 1.88. The van der Waals surface area contributed by atoms with Gasteiger partial charge in [0.1, 0.15) is 6.61 Å². The van der Waals surface area contributed by atoms with Gasteiger partial charge in [-0.3, -0.25) is 0 Å². The smallest absolute Gasteiger partial charge is 0.191 e. The number of benzene rings is 1. The number of aliphatic imine (C=N–C) groups is 1. The lowest BCUT2D eigenvalue weighted by atomic mass is 10.1. The van der Waals surface area contributed by atoms with Crippen LogP contribution in [0.15, 0.2) is 23.2 Å². The molecule has 0 atom stereocenters. The minimum absolute atomic E-state index is 0.0288. The zero-order chi connectivity index (χ0) is 21.6. The number of ether oxygens (including phenoxy) is 3. The Hall–Kier alpha value is -2.03. The number of guanidine groups is 1. The van der Waals surface area contributed by atoms with Gasteiger partial charge in [-0.1, -0.05) is 6.07 Å². The standard InChI is InChI=1S/C22H38N4O4/c1-4-23-22(25-19-8-11-26(12-9-19)10-5-14-28-2)24-17-18-6-7-20(30-15-13-27)21(16-18)29-3/h6-7,16,19,27H,4-5,8-15,17H2,1-3H3,(H2,23,24,25). The molecule has 1 aliphatic rings. The van der Waals surface area contributed by atoms with E-state index >= 15 is 0 Å². The third-order valence-electron chi connectivity index (χ3n) is 5.09. The Morgan fingerprint density at radius 3 is 2.67 bits per heavy atom. The van der Waals surface area contributed by atoms with Gasteiger partial charge < -0.3 is 34.9 Å². The third-order valence-corrected chi connectivity index (χ3v) is 5.09. The van der Waals surface area contributed by atoms with Crippen molar-refractivity contribution in [1.82, 2.24) is 15.5 Å². The minimum atomic E-state index is -0.0288. The van der Waals surface area contributed by atoms with Crippen molar-refractivity contribution in [3.8, 4) is 11.5 Å². The van der Waals surface area contributed by atoms with Gasteiger partial charge in [-0.05, 0) is 43.9 Å². The van der Waals surface area contributed by atoms with E-state index in [-0.39, 0.29) is 13.2 Å². The average Bonchev–Trinajstić information content (AvgIpc) is 2.77. The molecule has 0 aromatic heterocycles. The highest BCUT2D eigenvalue weighted by Crippen LogP contribution is 2.28. The molecule has 1 saturated heterocycles. The number of nitrogens with zero attached hydrogens (tertiary/aromatic N) is 2. The van der Waals surface area contributed by atoms with Crippen LogP contribution in [-0.2, 0) is 11.3 Å². The van der Waals surface area contributed by atoms with Gasteiger partial charge in [-0.25, -0.2) is 4.99 Å². The normalized spacial score (nSPS) is 15.8. The van der Waals surface area contributed by atoms with Gasteiger partial charge in [0.05, 0.1) is 20.3 Å². The van der Waals surface area contributed by atoms with Gasteiger partial charge in [0.25, 0.3) is 0 Å². The SMILES string of the molecule is CCNC(=NCc1ccc(OCCO)c(OC)c1)NC1CCN(CCCOC)CC1. The maximum Gasteiger partial charge on any atom is 0.191 e. The molecular formula is C22H38N4O4. The maximum absolute atomic E-state index is 8.93. The van der Waals surface area contributed by atoms with Crippen LogP contribution >= 0.6 is 0 Å². The molecule has 8 heteroatoms. The van der Waals surface area contributed by atoms with E-state index in [0.29, 0.717) is 24.1 Å². The summed E-state index contributed by atoms with van der Waals surface area (Å²) in [7, 11) is 3.37. The number of nitrogens with one attached hydrogen (secondary N) is 2. The highest BCUT2D eigenvalue weighted by Gasteiger charge is 2.19. The van der Waals surface area contributed by atoms with Crippen molar-refractivity contribution < 1.29 is 19.3 Å². The van der Waals surface area contributed by atoms with Crippen LogP contribution in [0.2, 0.25) is 0 Å². The third kappa shape index (κ3) is 8.38. The lowest BCUT2D eigenvalue weighted by molar-refractivity contribution is 0.155. The lowest BCUT2D eigenvalue weighted by Gasteiger charge is -2.33. The van der Waals surface area contributed by atoms with E-state index in [4.69, 9.17) is 24.3 Å². The molecule has 0 aliphatic carbocycles. The maximum atomic E-state index is 8.93. The van der Waals surface area contributed by atoms with Crippen LogP contribution in [0.3, 0.4) is 0 Å². The highest BCUT2D eigenvalue weighted by atomic mass is 16.5. The molecule has 1 heterocycles. The quantitative estimate of drug-likeness (QED) is 0.268. The number of hydrogen-bond acceptors (Lipinski definition) is 6. The van der Waals surface area contributed by atoms with Crippen molar-refractivity contribution in [2.75, 3.05) is 60.2 Å². The number of piperidine rings is 1. The van der Waals surface area contributed by atoms with E-state index in [1.165, 1.54) is 0 Å². The van der Waals surface area contributed by atoms with Crippen LogP contribution in [0.5, 0.6) is 11.5 Å². The zero-order valence-corrected chi connectivity index (χ0v) is 18.7. The predicted octanol–water partition coefficient (Wildman–Crippen LogP) is 1.62. The molecule has 30 heavy (non-hydrogen) atoms. The van der Waals surface area contributed by atoms with Crippen molar-refractivity contribution in [3.05, 3.63) is 23.8 Å². The molecule has 8 nitrogen and oxygen atoms in total. The largest absolute Gasteiger partial charge is 0.493 e. The van der Waals surface area contributed by atoms with Crippen molar-refractivity contribution in [2.24, 2.45) is 4.99 Å². The van der Waals surface area contributed by atoms with E-state index in [2.05, 4.69) is 22.5 Å². The van der Waals surface area contributed by atoms with Gasteiger partial charge >= 0.3 is 0 Å². The fourth-order valence-electron chi connectivity index (χ4n) is 3.50. The monoisotopic (exact) mass is 422 g/mol. The second-order valence-electron chi connectivity index (χ2n) is 7.36. The van der Waals surface area contributed by atoms with Crippen LogP contribution in [0, 0.1) is 0 Å². The van der Waals surface area contributed by atoms with Crippen molar-refractivity contribution in [2.45, 2.75) is 38.8 Å². The Morgan fingerprint density at radius 2 is 2.00 bits per heavy atom. The topological polar surface area (TPSA) is 87.6 Å². The van der Waals surface area contributed by atoms with Gasteiger partial charge in [-0.15, -0.1) is 0 Å². The fraction of sp³-hybridized carbons (Fsp3) is 0.682. The molecule has 0 bridgehead atoms. The van der Waals surface area contributed by atoms with Crippen LogP contribution in [0.25, 0.3) is 0 Å². The molecule has 170 valence electrons. The van der Waals surface area contributed by atoms with Gasteiger partial charge in [0.2, 0.25) is 0 Å². The lowest BCUT2D eigenvalue weighted by Crippen LogP contribution is -2.48. The van der Waals surface area contributed by atoms with Crippen molar-refractivity contribution in [3.63, 3.8) is 0 Å². The van der Waals surface area contributed by atoms with E-state index in [0.717, 1.165) is 63.6 Å². The van der Waals surface area contributed by atoms with Gasteiger partial charge in [0.15, 0.2) is 17.5 Å². The molecule has 0 unspecified atom stereocenters. The summed E-state index contributed by atoms with van der Waals surface area (Å²) in [5.41, 5.74) is 1.04. The first-order valence-electron chi connectivity index (χ1n) is 10.9. The van der Waals surface area contributed by atoms with Crippen LogP contribution in [0.1, 0.15) is 31.7 Å². The highest BCUT2D eigenvalue weighted by molar-refractivity contribution is 5.80. The van der Waals surface area contributed by atoms with Gasteiger partial charge in [0, 0.05) is 45.9 Å². The van der Waals surface area contributed by atoms with Gasteiger partial charge in [-0.2, -0.15) is 0 Å². The predicted molar refractivity (Wildman–Crippen MR) is 119 cm³/mol. The summed E-state index contributed by atoms with van der Waals surface area (Å²) < 4.78 is 16.0. The molecular weight excluding hydrogens is 384 g/mol. The first kappa shape index (κ1) is 24.2. The summed E-state index contributed by atoms with van der Waals surface area (Å²) in [5.74, 6) is 2.12. The summed E-state index contributed by atoms with van der Waals surface area (Å²) in [5, 5.41) is 15.9. The van der Waals surface area contributed by atoms with Crippen molar-refractivity contribution in [1.29, 1.82) is 0 Å². The first-order valence-corrected chi connectivity index (χ1v) is 10.9. The average molecular weight is 423 g/mol. The van der Waals surface area contributed by atoms with Crippen LogP contribution in [-0.4, -0.2) is 82.2 Å². The number of rotatable bonds is 12. The Labute approximate surface area is 180 Å². The van der Waals surface area contributed by atoms with E-state index in [1.807, 2.05) is 18.2 Å². The summed E-state index contributed by atoms with van der Waals surface area (Å²) in [4.78, 5) is 7.26. The Morgan fingerprint density at radius 1 is 1.20 bits per heavy atom. The summed E-state index contributed by atoms with van der Waals surface area (Å²) in [6.45, 7) is 7.79. The van der Waals surface area contributed by atoms with E-state index in [9.17, 15) is 0 Å². The number of methoxy groups -OCH3 is 2. The van der Waals surface area contributed by atoms with E-state index in [1.54, 1.807) is 14.2 Å². The van der Waals surface area contributed by atoms with Crippen molar-refractivity contribution >= 4 is 5.96 Å². The molecule has 1 aliphatic heterocycles. The Kier molecular flexibility index (Phi) is 11.4. The molecule has 0 radical (unpaired) electrons. The number of likely N-dealkylation sites (tertiary alicyclic amines) is 1. The van der Waals surface area contributed by atoms with E-state index < -0.39 is 0 Å².